The highest BCUT2D eigenvalue weighted by molar-refractivity contribution is 5.69. The van der Waals surface area contributed by atoms with Crippen molar-refractivity contribution in [1.29, 1.82) is 0 Å². The van der Waals surface area contributed by atoms with Gasteiger partial charge in [-0.2, -0.15) is 0 Å². The fourth-order valence-electron chi connectivity index (χ4n) is 3.43. The first-order chi connectivity index (χ1) is 13.2. The van der Waals surface area contributed by atoms with Gasteiger partial charge in [-0.3, -0.25) is 0 Å². The average Bonchev–Trinajstić information content (AvgIpc) is 2.69. The van der Waals surface area contributed by atoms with Crippen molar-refractivity contribution in [2.24, 2.45) is 0 Å². The molecular weight excluding hydrogens is 328 g/mol. The summed E-state index contributed by atoms with van der Waals surface area (Å²) in [5.41, 5.74) is 9.06. The molecule has 2 nitrogen and oxygen atoms in total. The molecule has 3 aromatic carbocycles. The molecule has 0 saturated heterocycles. The minimum absolute atomic E-state index is 0.886. The Morgan fingerprint density at radius 1 is 0.704 bits per heavy atom. The molecule has 0 bridgehead atoms. The second kappa shape index (κ2) is 7.55. The van der Waals surface area contributed by atoms with Crippen molar-refractivity contribution in [3.8, 4) is 22.5 Å². The largest absolute Gasteiger partial charge is 0.150 e. The first-order valence-electron chi connectivity index (χ1n) is 9.24. The van der Waals surface area contributed by atoms with E-state index in [9.17, 15) is 0 Å². The van der Waals surface area contributed by atoms with Gasteiger partial charge in [-0.15, -0.1) is 10.2 Å². The summed E-state index contributed by atoms with van der Waals surface area (Å²) in [6.45, 7) is 4.20. The quantitative estimate of drug-likeness (QED) is 0.450. The highest BCUT2D eigenvalue weighted by Crippen LogP contribution is 2.28. The van der Waals surface area contributed by atoms with Crippen molar-refractivity contribution >= 4 is 0 Å². The Morgan fingerprint density at radius 2 is 1.48 bits per heavy atom. The van der Waals surface area contributed by atoms with Crippen LogP contribution < -0.4 is 0 Å². The molecular formula is C25H22N2. The van der Waals surface area contributed by atoms with Gasteiger partial charge in [0.25, 0.3) is 0 Å². The van der Waals surface area contributed by atoms with Gasteiger partial charge in [0.2, 0.25) is 0 Å². The zero-order valence-corrected chi connectivity index (χ0v) is 15.7. The summed E-state index contributed by atoms with van der Waals surface area (Å²) in [4.78, 5) is 0. The minimum atomic E-state index is 0.886. The van der Waals surface area contributed by atoms with E-state index in [1.807, 2.05) is 6.07 Å². The van der Waals surface area contributed by atoms with E-state index in [2.05, 4.69) is 103 Å². The highest BCUT2D eigenvalue weighted by atomic mass is 15.1. The van der Waals surface area contributed by atoms with Crippen LogP contribution in [0.25, 0.3) is 22.5 Å². The molecule has 0 radical (unpaired) electrons. The van der Waals surface area contributed by atoms with Gasteiger partial charge in [0.05, 0.1) is 11.4 Å². The van der Waals surface area contributed by atoms with Crippen LogP contribution in [0.1, 0.15) is 22.3 Å². The molecule has 4 aromatic rings. The Kier molecular flexibility index (Phi) is 4.80. The van der Waals surface area contributed by atoms with Crippen molar-refractivity contribution < 1.29 is 0 Å². The second-order valence-electron chi connectivity index (χ2n) is 6.95. The Hall–Kier alpha value is -3.26. The zero-order valence-electron chi connectivity index (χ0n) is 15.7. The fraction of sp³-hybridized carbons (Fsp3) is 0.120. The number of aromatic nitrogens is 2. The van der Waals surface area contributed by atoms with Gasteiger partial charge in [0.1, 0.15) is 0 Å². The minimum Gasteiger partial charge on any atom is -0.150 e. The molecule has 0 aliphatic heterocycles. The number of rotatable bonds is 4. The predicted molar refractivity (Wildman–Crippen MR) is 112 cm³/mol. The molecule has 0 saturated carbocycles. The summed E-state index contributed by atoms with van der Waals surface area (Å²) < 4.78 is 0. The van der Waals surface area contributed by atoms with E-state index in [-0.39, 0.29) is 0 Å². The van der Waals surface area contributed by atoms with Crippen molar-refractivity contribution in [3.05, 3.63) is 107 Å². The summed E-state index contributed by atoms with van der Waals surface area (Å²) >= 11 is 0. The summed E-state index contributed by atoms with van der Waals surface area (Å²) in [7, 11) is 0. The van der Waals surface area contributed by atoms with Crippen LogP contribution >= 0.6 is 0 Å². The second-order valence-corrected chi connectivity index (χ2v) is 6.95. The molecule has 0 atom stereocenters. The van der Waals surface area contributed by atoms with E-state index >= 15 is 0 Å². The van der Waals surface area contributed by atoms with Crippen LogP contribution in [0.15, 0.2) is 84.9 Å². The molecule has 0 N–H and O–H groups in total. The molecule has 0 fully saturated rings. The molecule has 2 heteroatoms. The predicted octanol–water partition coefficient (Wildman–Crippen LogP) is 6.02. The van der Waals surface area contributed by atoms with Gasteiger partial charge in [-0.05, 0) is 49.1 Å². The standard InChI is InChI=1S/C25H22N2/c1-18-9-8-13-22(15-18)25-19(2)16-24(26-27-25)23-14-7-6-12-21(23)17-20-10-4-3-5-11-20/h3-16H,17H2,1-2H3. The van der Waals surface area contributed by atoms with Gasteiger partial charge < -0.3 is 0 Å². The number of benzene rings is 3. The molecule has 0 aliphatic rings. The third-order valence-corrected chi connectivity index (χ3v) is 4.81. The smallest absolute Gasteiger partial charge is 0.0959 e. The summed E-state index contributed by atoms with van der Waals surface area (Å²) in [5, 5.41) is 9.13. The molecule has 0 aliphatic carbocycles. The fourth-order valence-corrected chi connectivity index (χ4v) is 3.43. The lowest BCUT2D eigenvalue weighted by molar-refractivity contribution is 1.02. The van der Waals surface area contributed by atoms with E-state index in [4.69, 9.17) is 0 Å². The summed E-state index contributed by atoms with van der Waals surface area (Å²) in [6, 6.07) is 29.5. The Bertz CT molecular complexity index is 1070. The SMILES string of the molecule is Cc1cccc(-c2nnc(-c3ccccc3Cc3ccccc3)cc2C)c1. The topological polar surface area (TPSA) is 25.8 Å². The maximum absolute atomic E-state index is 4.57. The van der Waals surface area contributed by atoms with Crippen LogP contribution in [-0.2, 0) is 6.42 Å². The lowest BCUT2D eigenvalue weighted by Crippen LogP contribution is -1.98. The van der Waals surface area contributed by atoms with Gasteiger partial charge in [0, 0.05) is 11.1 Å². The van der Waals surface area contributed by atoms with Crippen LogP contribution in [0, 0.1) is 13.8 Å². The first-order valence-corrected chi connectivity index (χ1v) is 9.24. The molecule has 27 heavy (non-hydrogen) atoms. The molecule has 132 valence electrons. The molecule has 0 spiro atoms. The van der Waals surface area contributed by atoms with E-state index in [1.54, 1.807) is 0 Å². The average molecular weight is 350 g/mol. The lowest BCUT2D eigenvalue weighted by Gasteiger charge is -2.11. The third kappa shape index (κ3) is 3.80. The summed E-state index contributed by atoms with van der Waals surface area (Å²) in [6.07, 6.45) is 0.886. The van der Waals surface area contributed by atoms with E-state index in [0.29, 0.717) is 0 Å². The van der Waals surface area contributed by atoms with Crippen molar-refractivity contribution in [2.75, 3.05) is 0 Å². The monoisotopic (exact) mass is 350 g/mol. The molecule has 4 rings (SSSR count). The zero-order chi connectivity index (χ0) is 18.6. The molecule has 1 heterocycles. The number of nitrogens with zero attached hydrogens (tertiary/aromatic N) is 2. The molecule has 0 amide bonds. The number of aryl methyl sites for hydroxylation is 2. The van der Waals surface area contributed by atoms with Crippen molar-refractivity contribution in [2.45, 2.75) is 20.3 Å². The van der Waals surface area contributed by atoms with E-state index < -0.39 is 0 Å². The lowest BCUT2D eigenvalue weighted by atomic mass is 9.96. The number of hydrogen-bond donors (Lipinski definition) is 0. The Labute approximate surface area is 160 Å². The van der Waals surface area contributed by atoms with E-state index in [1.165, 1.54) is 16.7 Å². The molecule has 0 unspecified atom stereocenters. The first kappa shape index (κ1) is 17.2. The van der Waals surface area contributed by atoms with Crippen LogP contribution in [0.2, 0.25) is 0 Å². The van der Waals surface area contributed by atoms with Crippen LogP contribution in [0.3, 0.4) is 0 Å². The molecule has 1 aromatic heterocycles. The number of hydrogen-bond acceptors (Lipinski definition) is 2. The van der Waals surface area contributed by atoms with Gasteiger partial charge in [-0.1, -0.05) is 78.4 Å². The van der Waals surface area contributed by atoms with Gasteiger partial charge >= 0.3 is 0 Å². The van der Waals surface area contributed by atoms with Crippen molar-refractivity contribution in [3.63, 3.8) is 0 Å². The maximum atomic E-state index is 4.57. The Morgan fingerprint density at radius 3 is 2.26 bits per heavy atom. The van der Waals surface area contributed by atoms with Crippen LogP contribution in [-0.4, -0.2) is 10.2 Å². The Balaban J connectivity index is 1.71. The van der Waals surface area contributed by atoms with Crippen LogP contribution in [0.4, 0.5) is 0 Å². The van der Waals surface area contributed by atoms with Crippen LogP contribution in [0.5, 0.6) is 0 Å². The van der Waals surface area contributed by atoms with Gasteiger partial charge in [-0.25, -0.2) is 0 Å². The maximum Gasteiger partial charge on any atom is 0.0959 e. The summed E-state index contributed by atoms with van der Waals surface area (Å²) in [5.74, 6) is 0. The van der Waals surface area contributed by atoms with E-state index in [0.717, 1.165) is 34.5 Å². The highest BCUT2D eigenvalue weighted by Gasteiger charge is 2.11. The normalized spacial score (nSPS) is 10.7. The van der Waals surface area contributed by atoms with Crippen molar-refractivity contribution in [1.82, 2.24) is 10.2 Å². The third-order valence-electron chi connectivity index (χ3n) is 4.81. The van der Waals surface area contributed by atoms with Gasteiger partial charge in [0.15, 0.2) is 0 Å².